The number of ketones is 1. The molecule has 2 aliphatic rings. The molecule has 0 spiro atoms. The van der Waals surface area contributed by atoms with Crippen LogP contribution in [0.5, 0.6) is 0 Å². The van der Waals surface area contributed by atoms with Gasteiger partial charge in [-0.2, -0.15) is 4.99 Å². The fraction of sp³-hybridized carbons (Fsp3) is 0.0476. The number of aliphatic imine (C=N–C) groups is 2. The molecule has 1 aromatic carbocycles. The number of aromatic nitrogens is 3. The average Bonchev–Trinajstić information content (AvgIpc) is 3.28. The SMILES string of the molecule is O=C(/C=C/c1c(C2C(=O)N=C3N=CC=CN32)nc2ncccn12)c1ccccc1. The summed E-state index contributed by atoms with van der Waals surface area (Å²) in [6.07, 6.45) is 11.6. The van der Waals surface area contributed by atoms with E-state index in [1.165, 1.54) is 6.08 Å². The van der Waals surface area contributed by atoms with Crippen LogP contribution in [0.15, 0.2) is 77.1 Å². The zero-order valence-corrected chi connectivity index (χ0v) is 15.1. The molecule has 0 saturated carbocycles. The molecule has 8 heteroatoms. The summed E-state index contributed by atoms with van der Waals surface area (Å²) in [5.41, 5.74) is 1.63. The molecular weight excluding hydrogens is 368 g/mol. The van der Waals surface area contributed by atoms with Crippen LogP contribution in [0.25, 0.3) is 11.9 Å². The van der Waals surface area contributed by atoms with Crippen LogP contribution in [0.4, 0.5) is 0 Å². The van der Waals surface area contributed by atoms with Crippen molar-refractivity contribution in [2.24, 2.45) is 9.98 Å². The molecule has 1 unspecified atom stereocenters. The van der Waals surface area contributed by atoms with Crippen molar-refractivity contribution in [1.82, 2.24) is 19.3 Å². The zero-order chi connectivity index (χ0) is 19.8. The molecule has 1 atom stereocenters. The summed E-state index contributed by atoms with van der Waals surface area (Å²) in [7, 11) is 0. The summed E-state index contributed by atoms with van der Waals surface area (Å²) in [6, 6.07) is 9.98. The Kier molecular flexibility index (Phi) is 3.94. The largest absolute Gasteiger partial charge is 0.299 e. The minimum Gasteiger partial charge on any atom is -0.299 e. The minimum absolute atomic E-state index is 0.146. The summed E-state index contributed by atoms with van der Waals surface area (Å²) in [5.74, 6) is 0.242. The number of benzene rings is 1. The maximum absolute atomic E-state index is 12.6. The summed E-state index contributed by atoms with van der Waals surface area (Å²) >= 11 is 0. The van der Waals surface area contributed by atoms with Gasteiger partial charge >= 0.3 is 0 Å². The first-order chi connectivity index (χ1) is 14.2. The lowest BCUT2D eigenvalue weighted by Crippen LogP contribution is -2.28. The minimum atomic E-state index is -0.758. The fourth-order valence-corrected chi connectivity index (χ4v) is 3.33. The molecule has 3 aromatic rings. The summed E-state index contributed by atoms with van der Waals surface area (Å²) < 4.78 is 1.74. The Balaban J connectivity index is 1.59. The predicted octanol–water partition coefficient (Wildman–Crippen LogP) is 2.46. The van der Waals surface area contributed by atoms with E-state index in [1.54, 1.807) is 64.5 Å². The fourth-order valence-electron chi connectivity index (χ4n) is 3.33. The molecule has 140 valence electrons. The van der Waals surface area contributed by atoms with Gasteiger partial charge in [-0.05, 0) is 24.3 Å². The van der Waals surface area contributed by atoms with E-state index in [2.05, 4.69) is 20.0 Å². The number of guanidine groups is 1. The number of hydrogen-bond donors (Lipinski definition) is 0. The summed E-state index contributed by atoms with van der Waals surface area (Å²) in [4.78, 5) is 43.8. The molecule has 4 heterocycles. The van der Waals surface area contributed by atoms with E-state index >= 15 is 0 Å². The Bertz CT molecular complexity index is 1250. The number of nitrogens with zero attached hydrogens (tertiary/aromatic N) is 6. The van der Waals surface area contributed by atoms with E-state index in [-0.39, 0.29) is 11.7 Å². The molecule has 0 bridgehead atoms. The van der Waals surface area contributed by atoms with Crippen LogP contribution in [-0.2, 0) is 4.79 Å². The van der Waals surface area contributed by atoms with Gasteiger partial charge in [0, 0.05) is 30.4 Å². The van der Waals surface area contributed by atoms with E-state index in [0.717, 1.165) is 0 Å². The lowest BCUT2D eigenvalue weighted by Gasteiger charge is -2.21. The van der Waals surface area contributed by atoms with Gasteiger partial charge in [0.05, 0.1) is 5.69 Å². The monoisotopic (exact) mass is 382 g/mol. The second kappa shape index (κ2) is 6.75. The molecule has 0 aliphatic carbocycles. The Morgan fingerprint density at radius 2 is 2.00 bits per heavy atom. The third kappa shape index (κ3) is 2.87. The molecule has 8 nitrogen and oxygen atoms in total. The number of allylic oxidation sites excluding steroid dienone is 2. The quantitative estimate of drug-likeness (QED) is 0.511. The molecule has 1 amide bonds. The van der Waals surface area contributed by atoms with Crippen LogP contribution < -0.4 is 0 Å². The first-order valence-electron chi connectivity index (χ1n) is 8.94. The maximum Gasteiger partial charge on any atom is 0.278 e. The molecule has 2 aromatic heterocycles. The third-order valence-electron chi connectivity index (χ3n) is 4.65. The molecule has 0 N–H and O–H groups in total. The lowest BCUT2D eigenvalue weighted by molar-refractivity contribution is -0.120. The number of carbonyl (C=O) groups excluding carboxylic acids is 2. The predicted molar refractivity (Wildman–Crippen MR) is 107 cm³/mol. The first kappa shape index (κ1) is 16.9. The van der Waals surface area contributed by atoms with Gasteiger partial charge in [0.15, 0.2) is 11.8 Å². The van der Waals surface area contributed by atoms with E-state index in [1.807, 2.05) is 18.2 Å². The highest BCUT2D eigenvalue weighted by Gasteiger charge is 2.39. The van der Waals surface area contributed by atoms with Crippen molar-refractivity contribution in [2.45, 2.75) is 6.04 Å². The summed E-state index contributed by atoms with van der Waals surface area (Å²) in [6.45, 7) is 0. The number of rotatable bonds is 4. The number of amides is 1. The Morgan fingerprint density at radius 1 is 1.14 bits per heavy atom. The van der Waals surface area contributed by atoms with Crippen LogP contribution in [0.2, 0.25) is 0 Å². The second-order valence-corrected chi connectivity index (χ2v) is 6.42. The van der Waals surface area contributed by atoms with Gasteiger partial charge in [-0.25, -0.2) is 15.0 Å². The highest BCUT2D eigenvalue weighted by atomic mass is 16.2. The Hall–Kier alpha value is -4.20. The summed E-state index contributed by atoms with van der Waals surface area (Å²) in [5, 5.41) is 0. The van der Waals surface area contributed by atoms with Crippen molar-refractivity contribution >= 4 is 35.7 Å². The Morgan fingerprint density at radius 3 is 2.86 bits per heavy atom. The van der Waals surface area contributed by atoms with E-state index < -0.39 is 6.04 Å². The van der Waals surface area contributed by atoms with Crippen molar-refractivity contribution in [3.05, 3.63) is 84.1 Å². The molecule has 29 heavy (non-hydrogen) atoms. The van der Waals surface area contributed by atoms with Gasteiger partial charge in [-0.3, -0.25) is 18.9 Å². The highest BCUT2D eigenvalue weighted by molar-refractivity contribution is 6.09. The zero-order valence-electron chi connectivity index (χ0n) is 15.1. The second-order valence-electron chi connectivity index (χ2n) is 6.42. The third-order valence-corrected chi connectivity index (χ3v) is 4.65. The number of carbonyl (C=O) groups is 2. The van der Waals surface area contributed by atoms with Gasteiger partial charge in [0.1, 0.15) is 5.69 Å². The van der Waals surface area contributed by atoms with Gasteiger partial charge in [0.2, 0.25) is 11.7 Å². The molecule has 5 rings (SSSR count). The first-order valence-corrected chi connectivity index (χ1v) is 8.94. The van der Waals surface area contributed by atoms with Crippen molar-refractivity contribution in [3.8, 4) is 0 Å². The standard InChI is InChI=1S/C21H14N6O2/c28-16(14-6-2-1-3-7-14)9-8-15-17(24-20-22-10-4-12-26(15)20)18-19(29)25-21-23-11-5-13-27(18)21/h1-13,18H/b9-8+. The normalized spacial score (nSPS) is 17.9. The van der Waals surface area contributed by atoms with Gasteiger partial charge in [0.25, 0.3) is 5.91 Å². The lowest BCUT2D eigenvalue weighted by atomic mass is 10.1. The van der Waals surface area contributed by atoms with Gasteiger partial charge in [-0.15, -0.1) is 0 Å². The van der Waals surface area contributed by atoms with Crippen molar-refractivity contribution in [1.29, 1.82) is 0 Å². The van der Waals surface area contributed by atoms with Crippen LogP contribution in [0, 0.1) is 0 Å². The van der Waals surface area contributed by atoms with Crippen LogP contribution in [0.1, 0.15) is 27.8 Å². The molecule has 0 radical (unpaired) electrons. The van der Waals surface area contributed by atoms with Crippen LogP contribution >= 0.6 is 0 Å². The number of imidazole rings is 1. The smallest absolute Gasteiger partial charge is 0.278 e. The number of fused-ring (bicyclic) bond motifs is 2. The van der Waals surface area contributed by atoms with Gasteiger partial charge < -0.3 is 0 Å². The highest BCUT2D eigenvalue weighted by Crippen LogP contribution is 2.32. The molecule has 0 fully saturated rings. The topological polar surface area (TPSA) is 92.3 Å². The molecule has 2 aliphatic heterocycles. The van der Waals surface area contributed by atoms with Crippen molar-refractivity contribution in [2.75, 3.05) is 0 Å². The average molecular weight is 382 g/mol. The Labute approximate surface area is 165 Å². The van der Waals surface area contributed by atoms with E-state index in [9.17, 15) is 9.59 Å². The number of hydrogen-bond acceptors (Lipinski definition) is 6. The van der Waals surface area contributed by atoms with Crippen LogP contribution in [-0.4, -0.2) is 43.1 Å². The van der Waals surface area contributed by atoms with E-state index in [4.69, 9.17) is 0 Å². The molecular formula is C21H14N6O2. The molecule has 0 saturated heterocycles. The maximum atomic E-state index is 12.6. The van der Waals surface area contributed by atoms with Gasteiger partial charge in [-0.1, -0.05) is 30.3 Å². The van der Waals surface area contributed by atoms with Crippen LogP contribution in [0.3, 0.4) is 0 Å². The van der Waals surface area contributed by atoms with E-state index in [0.29, 0.717) is 28.7 Å². The van der Waals surface area contributed by atoms with Crippen molar-refractivity contribution < 1.29 is 9.59 Å². The van der Waals surface area contributed by atoms with Crippen molar-refractivity contribution in [3.63, 3.8) is 0 Å².